The third-order valence-electron chi connectivity index (χ3n) is 6.67. The number of piperidine rings is 1. The molecule has 2 aliphatic heterocycles. The van der Waals surface area contributed by atoms with E-state index in [0.29, 0.717) is 13.1 Å². The van der Waals surface area contributed by atoms with Gasteiger partial charge in [0.05, 0.1) is 18.4 Å². The van der Waals surface area contributed by atoms with Gasteiger partial charge in [-0.3, -0.25) is 19.5 Å². The Morgan fingerprint density at radius 2 is 1.69 bits per heavy atom. The van der Waals surface area contributed by atoms with Crippen LogP contribution in [0.4, 0.5) is 0 Å². The summed E-state index contributed by atoms with van der Waals surface area (Å²) in [6.45, 7) is 7.89. The van der Waals surface area contributed by atoms with Gasteiger partial charge >= 0.3 is 0 Å². The van der Waals surface area contributed by atoms with E-state index in [-0.39, 0.29) is 59.5 Å². The Kier molecular flexibility index (Phi) is 7.95. The quantitative estimate of drug-likeness (QED) is 0.177. The third-order valence-corrected chi connectivity index (χ3v) is 6.67. The fraction of sp³-hybridized carbons (Fsp3) is 0.762. The highest BCUT2D eigenvalue weighted by molar-refractivity contribution is 14.0. The van der Waals surface area contributed by atoms with Crippen LogP contribution >= 0.6 is 24.0 Å². The normalized spacial score (nSPS) is 31.2. The molecule has 2 N–H and O–H groups in total. The van der Waals surface area contributed by atoms with Gasteiger partial charge in [-0.05, 0) is 51.1 Å². The molecule has 2 amide bonds. The van der Waals surface area contributed by atoms with Crippen molar-refractivity contribution in [3.63, 3.8) is 0 Å². The van der Waals surface area contributed by atoms with Crippen LogP contribution < -0.4 is 10.6 Å². The number of carbonyl (C=O) groups is 2. The number of aliphatic imine (C=N–C) groups is 1. The number of halogens is 1. The SMILES string of the molecule is CCNC(=NCCN1CCCCC1)NCCN1C(=O)C2C3C=CC(C3)C2C1=O.I. The number of allylic oxidation sites excluding steroid dienone is 2. The van der Waals surface area contributed by atoms with Gasteiger partial charge in [0.15, 0.2) is 5.96 Å². The van der Waals surface area contributed by atoms with Crippen molar-refractivity contribution in [1.29, 1.82) is 0 Å². The second-order valence-corrected chi connectivity index (χ2v) is 8.42. The number of imide groups is 1. The van der Waals surface area contributed by atoms with E-state index in [1.807, 2.05) is 6.92 Å². The molecular formula is C21H34IN5O2. The summed E-state index contributed by atoms with van der Waals surface area (Å²) in [5, 5.41) is 6.54. The number of hydrogen-bond donors (Lipinski definition) is 2. The second-order valence-electron chi connectivity index (χ2n) is 8.42. The molecule has 2 bridgehead atoms. The highest BCUT2D eigenvalue weighted by atomic mass is 127. The predicted molar refractivity (Wildman–Crippen MR) is 124 cm³/mol. The van der Waals surface area contributed by atoms with Crippen LogP contribution in [0, 0.1) is 23.7 Å². The van der Waals surface area contributed by atoms with E-state index in [1.165, 1.54) is 37.3 Å². The Morgan fingerprint density at radius 1 is 1.03 bits per heavy atom. The topological polar surface area (TPSA) is 77.0 Å². The summed E-state index contributed by atoms with van der Waals surface area (Å²) >= 11 is 0. The second kappa shape index (κ2) is 10.2. The van der Waals surface area contributed by atoms with Gasteiger partial charge < -0.3 is 15.5 Å². The summed E-state index contributed by atoms with van der Waals surface area (Å²) in [6.07, 6.45) is 9.18. The monoisotopic (exact) mass is 515 g/mol. The standard InChI is InChI=1S/C21H33N5O2.HI/c1-2-22-21(23-8-12-25-10-4-3-5-11-25)24-9-13-26-19(27)17-15-6-7-16(14-15)18(17)20(26)28;/h6-7,15-18H,2-5,8-14H2,1H3,(H2,22,23,24);1H. The number of likely N-dealkylation sites (tertiary alicyclic amines) is 2. The molecule has 0 aromatic carbocycles. The molecule has 4 atom stereocenters. The average Bonchev–Trinajstić information content (AvgIpc) is 3.38. The molecule has 7 nitrogen and oxygen atoms in total. The van der Waals surface area contributed by atoms with Crippen molar-refractivity contribution in [2.75, 3.05) is 45.8 Å². The fourth-order valence-corrected chi connectivity index (χ4v) is 5.30. The van der Waals surface area contributed by atoms with E-state index in [1.54, 1.807) is 0 Å². The number of amides is 2. The van der Waals surface area contributed by atoms with Crippen molar-refractivity contribution in [3.05, 3.63) is 12.2 Å². The Balaban J connectivity index is 0.00000240. The summed E-state index contributed by atoms with van der Waals surface area (Å²) in [5.41, 5.74) is 0. The zero-order valence-corrected chi connectivity index (χ0v) is 19.6. The van der Waals surface area contributed by atoms with Gasteiger partial charge in [0.2, 0.25) is 11.8 Å². The van der Waals surface area contributed by atoms with Gasteiger partial charge in [-0.25, -0.2) is 0 Å². The van der Waals surface area contributed by atoms with Crippen LogP contribution in [0.15, 0.2) is 17.1 Å². The minimum Gasteiger partial charge on any atom is -0.357 e. The van der Waals surface area contributed by atoms with Gasteiger partial charge in [0.1, 0.15) is 0 Å². The van der Waals surface area contributed by atoms with Gasteiger partial charge in [-0.15, -0.1) is 24.0 Å². The predicted octanol–water partition coefficient (Wildman–Crippen LogP) is 1.45. The molecule has 2 heterocycles. The van der Waals surface area contributed by atoms with Crippen LogP contribution in [0.1, 0.15) is 32.6 Å². The molecule has 4 unspecified atom stereocenters. The Bertz CT molecular complexity index is 631. The minimum atomic E-state index is -0.103. The maximum absolute atomic E-state index is 12.7. The highest BCUT2D eigenvalue weighted by Gasteiger charge is 2.58. The number of fused-ring (bicyclic) bond motifs is 5. The largest absolute Gasteiger partial charge is 0.357 e. The molecule has 2 aliphatic carbocycles. The summed E-state index contributed by atoms with van der Waals surface area (Å²) in [5.74, 6) is 1.17. The van der Waals surface area contributed by atoms with Gasteiger partial charge in [-0.1, -0.05) is 18.6 Å². The highest BCUT2D eigenvalue weighted by Crippen LogP contribution is 2.52. The fourth-order valence-electron chi connectivity index (χ4n) is 5.30. The van der Waals surface area contributed by atoms with E-state index >= 15 is 0 Å². The van der Waals surface area contributed by atoms with Gasteiger partial charge in [0, 0.05) is 26.2 Å². The maximum atomic E-state index is 12.7. The summed E-state index contributed by atoms with van der Waals surface area (Å²) in [6, 6.07) is 0. The van der Waals surface area contributed by atoms with Gasteiger partial charge in [0.25, 0.3) is 0 Å². The average molecular weight is 515 g/mol. The van der Waals surface area contributed by atoms with Crippen LogP contribution in [0.5, 0.6) is 0 Å². The lowest BCUT2D eigenvalue weighted by Crippen LogP contribution is -2.44. The number of rotatable bonds is 7. The lowest BCUT2D eigenvalue weighted by molar-refractivity contribution is -0.140. The van der Waals surface area contributed by atoms with E-state index in [2.05, 4.69) is 32.7 Å². The third kappa shape index (κ3) is 4.78. The Labute approximate surface area is 190 Å². The van der Waals surface area contributed by atoms with E-state index in [0.717, 1.165) is 32.0 Å². The summed E-state index contributed by atoms with van der Waals surface area (Å²) < 4.78 is 0. The smallest absolute Gasteiger partial charge is 0.233 e. The molecule has 0 spiro atoms. The van der Waals surface area contributed by atoms with Crippen molar-refractivity contribution in [2.24, 2.45) is 28.7 Å². The maximum Gasteiger partial charge on any atom is 0.233 e. The van der Waals surface area contributed by atoms with Crippen molar-refractivity contribution in [1.82, 2.24) is 20.4 Å². The molecule has 4 rings (SSSR count). The molecule has 0 radical (unpaired) electrons. The molecular weight excluding hydrogens is 481 g/mol. The van der Waals surface area contributed by atoms with Crippen molar-refractivity contribution in [3.8, 4) is 0 Å². The first-order valence-corrected chi connectivity index (χ1v) is 11.0. The number of hydrogen-bond acceptors (Lipinski definition) is 4. The molecule has 1 saturated carbocycles. The van der Waals surface area contributed by atoms with Crippen molar-refractivity contribution >= 4 is 41.8 Å². The number of nitrogens with zero attached hydrogens (tertiary/aromatic N) is 3. The first-order chi connectivity index (χ1) is 13.7. The molecule has 29 heavy (non-hydrogen) atoms. The molecule has 0 aromatic heterocycles. The lowest BCUT2D eigenvalue weighted by Gasteiger charge is -2.25. The van der Waals surface area contributed by atoms with E-state index in [9.17, 15) is 9.59 Å². The van der Waals surface area contributed by atoms with Crippen LogP contribution in [0.3, 0.4) is 0 Å². The molecule has 4 aliphatic rings. The lowest BCUT2D eigenvalue weighted by atomic mass is 9.85. The first-order valence-electron chi connectivity index (χ1n) is 11.0. The van der Waals surface area contributed by atoms with E-state index < -0.39 is 0 Å². The van der Waals surface area contributed by atoms with Crippen LogP contribution in [-0.2, 0) is 9.59 Å². The molecule has 2 saturated heterocycles. The Morgan fingerprint density at radius 3 is 2.31 bits per heavy atom. The van der Waals surface area contributed by atoms with Crippen molar-refractivity contribution < 1.29 is 9.59 Å². The molecule has 162 valence electrons. The molecule has 3 fully saturated rings. The van der Waals surface area contributed by atoms with Gasteiger partial charge in [-0.2, -0.15) is 0 Å². The zero-order valence-electron chi connectivity index (χ0n) is 17.3. The first kappa shape index (κ1) is 22.5. The number of carbonyl (C=O) groups excluding carboxylic acids is 2. The molecule has 8 heteroatoms. The van der Waals surface area contributed by atoms with E-state index in [4.69, 9.17) is 0 Å². The summed E-state index contributed by atoms with van der Waals surface area (Å²) in [4.78, 5) is 34.1. The van der Waals surface area contributed by atoms with Crippen LogP contribution in [0.25, 0.3) is 0 Å². The number of nitrogens with one attached hydrogen (secondary N) is 2. The molecule has 0 aromatic rings. The summed E-state index contributed by atoms with van der Waals surface area (Å²) in [7, 11) is 0. The minimum absolute atomic E-state index is 0. The van der Waals surface area contributed by atoms with Crippen LogP contribution in [-0.4, -0.2) is 73.4 Å². The van der Waals surface area contributed by atoms with Crippen molar-refractivity contribution in [2.45, 2.75) is 32.6 Å². The zero-order chi connectivity index (χ0) is 19.5. The van der Waals surface area contributed by atoms with Crippen LogP contribution in [0.2, 0.25) is 0 Å². The number of guanidine groups is 1. The Hall–Kier alpha value is -1.16.